The summed E-state index contributed by atoms with van der Waals surface area (Å²) in [5.74, 6) is -0.131. The Morgan fingerprint density at radius 1 is 1.09 bits per heavy atom. The van der Waals surface area contributed by atoms with Crippen molar-refractivity contribution in [3.05, 3.63) is 63.1 Å². The Morgan fingerprint density at radius 2 is 1.72 bits per heavy atom. The maximum absolute atomic E-state index is 12.9. The van der Waals surface area contributed by atoms with E-state index in [1.165, 1.54) is 11.8 Å². The number of rotatable bonds is 4. The van der Waals surface area contributed by atoms with Crippen molar-refractivity contribution >= 4 is 64.7 Å². The third kappa shape index (κ3) is 6.25. The molecule has 0 saturated carbocycles. The first-order valence-corrected chi connectivity index (χ1v) is 11.7. The van der Waals surface area contributed by atoms with Crippen molar-refractivity contribution in [3.8, 4) is 5.40 Å². The van der Waals surface area contributed by atoms with Gasteiger partial charge >= 0.3 is 5.91 Å². The molecule has 32 heavy (non-hydrogen) atoms. The van der Waals surface area contributed by atoms with Gasteiger partial charge in [0.25, 0.3) is 0 Å². The van der Waals surface area contributed by atoms with Gasteiger partial charge in [-0.15, -0.1) is 0 Å². The van der Waals surface area contributed by atoms with Gasteiger partial charge in [0.15, 0.2) is 0 Å². The number of benzene rings is 2. The average Bonchev–Trinajstić information content (AvgIpc) is 3.21. The Labute approximate surface area is 208 Å². The molecule has 4 rings (SSSR count). The van der Waals surface area contributed by atoms with Crippen LogP contribution in [0.25, 0.3) is 0 Å². The van der Waals surface area contributed by atoms with E-state index >= 15 is 0 Å². The van der Waals surface area contributed by atoms with E-state index in [0.29, 0.717) is 32.9 Å². The van der Waals surface area contributed by atoms with Crippen molar-refractivity contribution in [3.63, 3.8) is 0 Å². The number of nitriles is 1. The Balaban J connectivity index is 0.000000913. The highest BCUT2D eigenvalue weighted by atomic mass is 35.5. The fourth-order valence-electron chi connectivity index (χ4n) is 3.82. The number of halogens is 3. The molecule has 2 N–H and O–H groups in total. The number of hydrazone groups is 1. The highest BCUT2D eigenvalue weighted by Gasteiger charge is 2.34. The van der Waals surface area contributed by atoms with E-state index in [1.54, 1.807) is 12.1 Å². The van der Waals surface area contributed by atoms with Gasteiger partial charge in [-0.25, -0.2) is 10.3 Å². The number of anilines is 1. The first-order chi connectivity index (χ1) is 15.4. The molecule has 0 spiro atoms. The molecule has 0 unspecified atom stereocenters. The minimum Gasteiger partial charge on any atom is -0.696 e. The highest BCUT2D eigenvalue weighted by molar-refractivity contribution is 7.64. The third-order valence-corrected chi connectivity index (χ3v) is 6.12. The van der Waals surface area contributed by atoms with E-state index < -0.39 is 0 Å². The molecule has 10 heteroatoms. The van der Waals surface area contributed by atoms with E-state index in [-0.39, 0.29) is 11.9 Å². The lowest BCUT2D eigenvalue weighted by atomic mass is 10.0. The Kier molecular flexibility index (Phi) is 8.97. The number of thiocyanates is 1. The highest BCUT2D eigenvalue weighted by Crippen LogP contribution is 2.39. The first kappa shape index (κ1) is 24.6. The first-order valence-electron chi connectivity index (χ1n) is 10.2. The lowest BCUT2D eigenvalue weighted by Crippen LogP contribution is -3.20. The smallest absolute Gasteiger partial charge is 0.312 e. The number of amides is 1. The normalized spacial score (nSPS) is 18.2. The standard InChI is InChI=1S/C21H21Cl3N4O.CHNS/c22-15-6-4-14(5-7-15)20-13-18(21(29)26-27-10-2-1-3-11-27)25-28(20)19-9-8-16(23)12-17(19)24;2-1-3/h4-9,12,20H,1-3,10-11,13H2,(H,26,29);3H/t20-;/m1./s1. The number of carbonyl (C=O) groups is 1. The predicted molar refractivity (Wildman–Crippen MR) is 131 cm³/mol. The Hall–Kier alpha value is -2.08. The second-order valence-electron chi connectivity index (χ2n) is 7.47. The monoisotopic (exact) mass is 509 g/mol. The quantitative estimate of drug-likeness (QED) is 0.480. The molecule has 2 aliphatic heterocycles. The van der Waals surface area contributed by atoms with Crippen LogP contribution in [0, 0.1) is 10.7 Å². The summed E-state index contributed by atoms with van der Waals surface area (Å²) in [6.45, 7) is 1.90. The molecule has 1 saturated heterocycles. The van der Waals surface area contributed by atoms with Crippen molar-refractivity contribution in [2.45, 2.75) is 31.7 Å². The second kappa shape index (κ2) is 11.7. The maximum atomic E-state index is 12.9. The summed E-state index contributed by atoms with van der Waals surface area (Å²) >= 11 is 22.3. The van der Waals surface area contributed by atoms with Crippen LogP contribution in [-0.2, 0) is 17.4 Å². The van der Waals surface area contributed by atoms with Crippen LogP contribution in [0.2, 0.25) is 15.1 Å². The van der Waals surface area contributed by atoms with Crippen molar-refractivity contribution in [1.29, 1.82) is 5.26 Å². The van der Waals surface area contributed by atoms with Gasteiger partial charge in [-0.2, -0.15) is 10.5 Å². The summed E-state index contributed by atoms with van der Waals surface area (Å²) in [5.41, 5.74) is 5.30. The summed E-state index contributed by atoms with van der Waals surface area (Å²) < 4.78 is 0. The minimum absolute atomic E-state index is 0.131. The average molecular weight is 511 g/mol. The molecular formula is C22H22Cl3N5OS. The van der Waals surface area contributed by atoms with Gasteiger partial charge in [0.1, 0.15) is 5.71 Å². The van der Waals surface area contributed by atoms with E-state index in [4.69, 9.17) is 40.1 Å². The number of piperidine rings is 1. The number of hydrogen-bond donors (Lipinski definition) is 2. The largest absolute Gasteiger partial charge is 0.696 e. The molecule has 1 fully saturated rings. The van der Waals surface area contributed by atoms with Crippen LogP contribution in [0.1, 0.15) is 37.3 Å². The molecule has 168 valence electrons. The van der Waals surface area contributed by atoms with Crippen LogP contribution in [0.5, 0.6) is 0 Å². The van der Waals surface area contributed by atoms with E-state index in [2.05, 4.69) is 23.2 Å². The SMILES string of the molecule is N#C[S-].O=C(N[NH+]1CCCCC1)C1=NN(c2ccc(Cl)cc2Cl)[C@@H](c2ccc(Cl)cc2)C1. The number of nitrogens with one attached hydrogen (secondary N) is 2. The van der Waals surface area contributed by atoms with Crippen LogP contribution < -0.4 is 15.4 Å². The molecule has 0 radical (unpaired) electrons. The number of carbonyl (C=O) groups excluding carboxylic acids is 1. The fourth-order valence-corrected chi connectivity index (χ4v) is 4.44. The summed E-state index contributed by atoms with van der Waals surface area (Å²) in [5, 5.41) is 17.7. The molecule has 0 bridgehead atoms. The van der Waals surface area contributed by atoms with Crippen molar-refractivity contribution in [1.82, 2.24) is 5.43 Å². The van der Waals surface area contributed by atoms with E-state index in [1.807, 2.05) is 35.3 Å². The number of quaternary nitrogens is 1. The van der Waals surface area contributed by atoms with Crippen molar-refractivity contribution in [2.75, 3.05) is 18.1 Å². The molecule has 1 amide bonds. The molecule has 2 heterocycles. The summed E-state index contributed by atoms with van der Waals surface area (Å²) in [6, 6.07) is 12.7. The van der Waals surface area contributed by atoms with Crippen LogP contribution in [0.3, 0.4) is 0 Å². The fraction of sp³-hybridized carbons (Fsp3) is 0.318. The molecule has 0 aromatic heterocycles. The van der Waals surface area contributed by atoms with E-state index in [0.717, 1.165) is 36.5 Å². The second-order valence-corrected chi connectivity index (χ2v) is 8.93. The minimum atomic E-state index is -0.150. The van der Waals surface area contributed by atoms with Crippen molar-refractivity contribution in [2.24, 2.45) is 5.10 Å². The van der Waals surface area contributed by atoms with Crippen LogP contribution in [-0.4, -0.2) is 24.7 Å². The van der Waals surface area contributed by atoms with Crippen LogP contribution in [0.15, 0.2) is 47.6 Å². The van der Waals surface area contributed by atoms with Crippen LogP contribution in [0.4, 0.5) is 5.69 Å². The third-order valence-electron chi connectivity index (χ3n) is 5.33. The van der Waals surface area contributed by atoms with Gasteiger partial charge in [0.2, 0.25) is 0 Å². The molecular weight excluding hydrogens is 489 g/mol. The van der Waals surface area contributed by atoms with Crippen molar-refractivity contribution < 1.29 is 9.80 Å². The molecule has 2 aromatic carbocycles. The lowest BCUT2D eigenvalue weighted by Gasteiger charge is -2.25. The van der Waals surface area contributed by atoms with Gasteiger partial charge in [0.05, 0.1) is 29.8 Å². The molecule has 0 aliphatic carbocycles. The lowest BCUT2D eigenvalue weighted by molar-refractivity contribution is -0.940. The summed E-state index contributed by atoms with van der Waals surface area (Å²) in [6.07, 6.45) is 3.96. The van der Waals surface area contributed by atoms with Gasteiger partial charge < -0.3 is 12.6 Å². The predicted octanol–water partition coefficient (Wildman–Crippen LogP) is 4.07. The Bertz CT molecular complexity index is 1020. The molecule has 6 nitrogen and oxygen atoms in total. The molecule has 2 aromatic rings. The van der Waals surface area contributed by atoms with Crippen LogP contribution >= 0.6 is 34.8 Å². The van der Waals surface area contributed by atoms with Gasteiger partial charge in [-0.1, -0.05) is 52.3 Å². The van der Waals surface area contributed by atoms with E-state index in [9.17, 15) is 4.79 Å². The van der Waals surface area contributed by atoms with Gasteiger partial charge in [-0.3, -0.25) is 9.80 Å². The molecule has 2 aliphatic rings. The zero-order chi connectivity index (χ0) is 23.1. The zero-order valence-electron chi connectivity index (χ0n) is 17.2. The Morgan fingerprint density at radius 3 is 2.34 bits per heavy atom. The zero-order valence-corrected chi connectivity index (χ0v) is 20.2. The number of nitrogens with zero attached hydrogens (tertiary/aromatic N) is 3. The number of hydrogen-bond acceptors (Lipinski definition) is 5. The maximum Gasteiger partial charge on any atom is 0.312 e. The van der Waals surface area contributed by atoms with Gasteiger partial charge in [0, 0.05) is 16.5 Å². The summed E-state index contributed by atoms with van der Waals surface area (Å²) in [4.78, 5) is 12.9. The van der Waals surface area contributed by atoms with Gasteiger partial charge in [-0.05, 0) is 55.2 Å². The summed E-state index contributed by atoms with van der Waals surface area (Å²) in [7, 11) is 0. The molecule has 1 atom stereocenters. The topological polar surface area (TPSA) is 72.9 Å².